The second-order valence-corrected chi connectivity index (χ2v) is 7.62. The number of nitrogens with zero attached hydrogens (tertiary/aromatic N) is 1. The van der Waals surface area contributed by atoms with Crippen molar-refractivity contribution in [1.82, 2.24) is 5.43 Å². The Balaban J connectivity index is 1.87. The first-order valence-corrected chi connectivity index (χ1v) is 9.83. The fraction of sp³-hybridized carbons (Fsp3) is 0.211. The van der Waals surface area contributed by atoms with Crippen molar-refractivity contribution in [3.63, 3.8) is 0 Å². The number of hydrazone groups is 1. The van der Waals surface area contributed by atoms with E-state index in [2.05, 4.69) is 31.8 Å². The zero-order valence-electron chi connectivity index (χ0n) is 15.1. The highest BCUT2D eigenvalue weighted by Gasteiger charge is 2.12. The largest absolute Gasteiger partial charge is 0.490 e. The monoisotopic (exact) mass is 485 g/mol. The molecule has 2 aromatic carbocycles. The summed E-state index contributed by atoms with van der Waals surface area (Å²) >= 11 is 15.3. The fourth-order valence-corrected chi connectivity index (χ4v) is 2.94. The van der Waals surface area contributed by atoms with E-state index in [4.69, 9.17) is 27.9 Å². The molecule has 2 amide bonds. The Bertz CT molecular complexity index is 904. The maximum absolute atomic E-state index is 11.9. The minimum Gasteiger partial charge on any atom is -0.490 e. The van der Waals surface area contributed by atoms with Gasteiger partial charge in [-0.3, -0.25) is 9.59 Å². The van der Waals surface area contributed by atoms with E-state index in [9.17, 15) is 9.59 Å². The van der Waals surface area contributed by atoms with Gasteiger partial charge in [0.25, 0.3) is 0 Å². The molecule has 9 heteroatoms. The molecule has 0 heterocycles. The topological polar surface area (TPSA) is 79.8 Å². The smallest absolute Gasteiger partial charge is 0.249 e. The second-order valence-electron chi connectivity index (χ2n) is 5.98. The van der Waals surface area contributed by atoms with Crippen LogP contribution in [0.1, 0.15) is 25.8 Å². The molecule has 0 bridgehead atoms. The zero-order chi connectivity index (χ0) is 20.7. The first-order chi connectivity index (χ1) is 13.3. The van der Waals surface area contributed by atoms with Gasteiger partial charge < -0.3 is 10.1 Å². The molecule has 0 aliphatic rings. The van der Waals surface area contributed by atoms with Crippen LogP contribution in [0.4, 0.5) is 5.69 Å². The van der Waals surface area contributed by atoms with Gasteiger partial charge in [0.2, 0.25) is 11.8 Å². The van der Waals surface area contributed by atoms with Crippen LogP contribution >= 0.6 is 39.1 Å². The van der Waals surface area contributed by atoms with Crippen molar-refractivity contribution in [3.8, 4) is 5.75 Å². The molecule has 28 heavy (non-hydrogen) atoms. The second kappa shape index (κ2) is 10.5. The first kappa shape index (κ1) is 22.2. The molecule has 0 saturated carbocycles. The number of amides is 2. The van der Waals surface area contributed by atoms with Crippen LogP contribution in [-0.4, -0.2) is 24.1 Å². The van der Waals surface area contributed by atoms with E-state index < -0.39 is 18.2 Å². The summed E-state index contributed by atoms with van der Waals surface area (Å²) in [6.07, 6.45) is 1.11. The molecule has 0 fully saturated rings. The van der Waals surface area contributed by atoms with Gasteiger partial charge in [0.15, 0.2) is 0 Å². The highest BCUT2D eigenvalue weighted by atomic mass is 79.9. The third-order valence-corrected chi connectivity index (χ3v) is 4.71. The van der Waals surface area contributed by atoms with E-state index in [1.165, 1.54) is 6.21 Å². The number of halogens is 3. The van der Waals surface area contributed by atoms with Crippen molar-refractivity contribution in [3.05, 3.63) is 56.5 Å². The van der Waals surface area contributed by atoms with Gasteiger partial charge in [-0.25, -0.2) is 5.43 Å². The number of benzene rings is 2. The molecule has 6 nitrogen and oxygen atoms in total. The normalized spacial score (nSPS) is 10.9. The van der Waals surface area contributed by atoms with E-state index in [-0.39, 0.29) is 11.1 Å². The van der Waals surface area contributed by atoms with Gasteiger partial charge in [0.05, 0.1) is 32.5 Å². The number of nitrogens with one attached hydrogen (secondary N) is 2. The molecule has 148 valence electrons. The van der Waals surface area contributed by atoms with Gasteiger partial charge in [-0.1, -0.05) is 29.3 Å². The number of carbonyl (C=O) groups is 2. The molecule has 2 N–H and O–H groups in total. The lowest BCUT2D eigenvalue weighted by atomic mass is 10.2. The molecular formula is C19H18BrCl2N3O3. The van der Waals surface area contributed by atoms with Gasteiger partial charge >= 0.3 is 0 Å². The Kier molecular flexibility index (Phi) is 8.29. The summed E-state index contributed by atoms with van der Waals surface area (Å²) in [6.45, 7) is 3.88. The molecule has 0 atom stereocenters. The Morgan fingerprint density at radius 1 is 1.21 bits per heavy atom. The Labute approximate surface area is 181 Å². The molecule has 0 saturated heterocycles. The molecule has 2 rings (SSSR count). The molecular weight excluding hydrogens is 469 g/mol. The summed E-state index contributed by atoms with van der Waals surface area (Å²) in [4.78, 5) is 23.8. The number of carbonyl (C=O) groups excluding carboxylic acids is 2. The minimum atomic E-state index is -0.564. The van der Waals surface area contributed by atoms with Crippen LogP contribution in [0, 0.1) is 0 Å². The average molecular weight is 487 g/mol. The summed E-state index contributed by atoms with van der Waals surface area (Å²) in [5.41, 5.74) is 3.39. The van der Waals surface area contributed by atoms with Crippen molar-refractivity contribution in [2.75, 3.05) is 5.32 Å². The van der Waals surface area contributed by atoms with Gasteiger partial charge in [-0.15, -0.1) is 0 Å². The number of hydrogen-bond donors (Lipinski definition) is 2. The summed E-state index contributed by atoms with van der Waals surface area (Å²) < 4.78 is 6.40. The molecule has 0 spiro atoms. The quantitative estimate of drug-likeness (QED) is 0.327. The molecule has 0 aliphatic heterocycles. The van der Waals surface area contributed by atoms with Crippen LogP contribution < -0.4 is 15.5 Å². The van der Waals surface area contributed by atoms with E-state index in [0.717, 1.165) is 10.0 Å². The molecule has 0 aliphatic carbocycles. The minimum absolute atomic E-state index is 0.0584. The lowest BCUT2D eigenvalue weighted by Crippen LogP contribution is -2.24. The van der Waals surface area contributed by atoms with Gasteiger partial charge in [-0.05, 0) is 65.7 Å². The highest BCUT2D eigenvalue weighted by molar-refractivity contribution is 9.10. The maximum Gasteiger partial charge on any atom is 0.249 e. The van der Waals surface area contributed by atoms with E-state index in [1.54, 1.807) is 36.4 Å². The predicted molar refractivity (Wildman–Crippen MR) is 115 cm³/mol. The Hall–Kier alpha value is -2.09. The lowest BCUT2D eigenvalue weighted by molar-refractivity contribution is -0.126. The van der Waals surface area contributed by atoms with Crippen LogP contribution in [0.25, 0.3) is 0 Å². The van der Waals surface area contributed by atoms with Gasteiger partial charge in [-0.2, -0.15) is 5.10 Å². The number of rotatable bonds is 7. The SMILES string of the molecule is CC(C)Oc1ccc(C=NNC(=O)CC(=O)Nc2cccc(Cl)c2Cl)cc1Br. The van der Waals surface area contributed by atoms with Crippen LogP contribution in [0.5, 0.6) is 5.75 Å². The Morgan fingerprint density at radius 2 is 1.96 bits per heavy atom. The summed E-state index contributed by atoms with van der Waals surface area (Å²) in [6, 6.07) is 10.2. The van der Waals surface area contributed by atoms with Crippen LogP contribution in [0.3, 0.4) is 0 Å². The number of ether oxygens (including phenoxy) is 1. The third-order valence-electron chi connectivity index (χ3n) is 3.27. The molecule has 0 radical (unpaired) electrons. The van der Waals surface area contributed by atoms with Gasteiger partial charge in [0.1, 0.15) is 12.2 Å². The van der Waals surface area contributed by atoms with Crippen LogP contribution in [0.2, 0.25) is 10.0 Å². The Morgan fingerprint density at radius 3 is 2.64 bits per heavy atom. The zero-order valence-corrected chi connectivity index (χ0v) is 18.2. The van der Waals surface area contributed by atoms with Crippen LogP contribution in [0.15, 0.2) is 46.0 Å². The molecule has 2 aromatic rings. The van der Waals surface area contributed by atoms with Crippen molar-refractivity contribution in [2.24, 2.45) is 5.10 Å². The van der Waals surface area contributed by atoms with Crippen molar-refractivity contribution >= 4 is 62.8 Å². The van der Waals surface area contributed by atoms with Crippen LogP contribution in [-0.2, 0) is 9.59 Å². The van der Waals surface area contributed by atoms with E-state index >= 15 is 0 Å². The van der Waals surface area contributed by atoms with E-state index in [0.29, 0.717) is 16.5 Å². The summed E-state index contributed by atoms with van der Waals surface area (Å²) in [7, 11) is 0. The molecule has 0 unspecified atom stereocenters. The fourth-order valence-electron chi connectivity index (χ4n) is 2.11. The van der Waals surface area contributed by atoms with Crippen molar-refractivity contribution < 1.29 is 14.3 Å². The first-order valence-electron chi connectivity index (χ1n) is 8.28. The lowest BCUT2D eigenvalue weighted by Gasteiger charge is -2.11. The van der Waals surface area contributed by atoms with E-state index in [1.807, 2.05) is 13.8 Å². The summed E-state index contributed by atoms with van der Waals surface area (Å²) in [5, 5.41) is 6.91. The van der Waals surface area contributed by atoms with Crippen molar-refractivity contribution in [1.29, 1.82) is 0 Å². The standard InChI is InChI=1S/C19H18BrCl2N3O3/c1-11(2)28-16-7-6-12(8-13(16)20)10-23-25-18(27)9-17(26)24-15-5-3-4-14(21)19(15)22/h3-8,10-11H,9H2,1-2H3,(H,24,26)(H,25,27). The van der Waals surface area contributed by atoms with Gasteiger partial charge in [0, 0.05) is 0 Å². The summed E-state index contributed by atoms with van der Waals surface area (Å²) in [5.74, 6) is -0.381. The average Bonchev–Trinajstić information content (AvgIpc) is 2.61. The number of hydrogen-bond acceptors (Lipinski definition) is 4. The molecule has 0 aromatic heterocycles. The third kappa shape index (κ3) is 6.82. The predicted octanol–water partition coefficient (Wildman–Crippen LogP) is 5.02. The maximum atomic E-state index is 11.9. The van der Waals surface area contributed by atoms with Crippen molar-refractivity contribution in [2.45, 2.75) is 26.4 Å². The highest BCUT2D eigenvalue weighted by Crippen LogP contribution is 2.29. The number of anilines is 1.